The molecule has 0 aliphatic rings. The van der Waals surface area contributed by atoms with E-state index in [1.54, 1.807) is 0 Å². The molecule has 0 N–H and O–H groups in total. The summed E-state index contributed by atoms with van der Waals surface area (Å²) in [5.41, 5.74) is 10.1. The van der Waals surface area contributed by atoms with Crippen molar-refractivity contribution in [3.05, 3.63) is 187 Å². The number of para-hydroxylation sites is 2. The minimum atomic E-state index is 0.184. The zero-order valence-electron chi connectivity index (χ0n) is 28.1. The van der Waals surface area contributed by atoms with Crippen LogP contribution in [0.4, 0.5) is 17.1 Å². The molecule has 0 spiro atoms. The van der Waals surface area contributed by atoms with E-state index in [1.807, 2.05) is 85.2 Å². The Kier molecular flexibility index (Phi) is 6.28. The zero-order valence-corrected chi connectivity index (χ0v) is 26.1. The molecule has 0 saturated carbocycles. The highest BCUT2D eigenvalue weighted by molar-refractivity contribution is 6.25. The first kappa shape index (κ1) is 25.7. The lowest BCUT2D eigenvalue weighted by atomic mass is 9.97. The number of anilines is 3. The second kappa shape index (κ2) is 11.7. The fourth-order valence-electron chi connectivity index (χ4n) is 6.82. The van der Waals surface area contributed by atoms with Crippen molar-refractivity contribution < 1.29 is 2.74 Å². The summed E-state index contributed by atoms with van der Waals surface area (Å²) in [5.74, 6) is 0. The lowest BCUT2D eigenvalue weighted by molar-refractivity contribution is 1.16. The van der Waals surface area contributed by atoms with Crippen LogP contribution in [0.2, 0.25) is 0 Å². The van der Waals surface area contributed by atoms with Gasteiger partial charge in [-0.3, -0.25) is 4.98 Å². The summed E-state index contributed by atoms with van der Waals surface area (Å²) in [7, 11) is 0. The molecule has 0 fully saturated rings. The van der Waals surface area contributed by atoms with Crippen LogP contribution in [0.3, 0.4) is 0 Å². The molecule has 0 bridgehead atoms. The first-order valence-electron chi connectivity index (χ1n) is 17.1. The van der Waals surface area contributed by atoms with E-state index in [-0.39, 0.29) is 12.1 Å². The Hall–Kier alpha value is -6.45. The molecule has 2 heterocycles. The van der Waals surface area contributed by atoms with Crippen LogP contribution in [0.25, 0.3) is 61.5 Å². The van der Waals surface area contributed by atoms with Crippen LogP contribution >= 0.6 is 0 Å². The van der Waals surface area contributed by atoms with E-state index in [0.717, 1.165) is 39.4 Å². The Morgan fingerprint density at radius 3 is 1.73 bits per heavy atom. The second-order valence-corrected chi connectivity index (χ2v) is 12.0. The predicted molar refractivity (Wildman–Crippen MR) is 203 cm³/mol. The van der Waals surface area contributed by atoms with Gasteiger partial charge in [-0.05, 0) is 99.8 Å². The molecule has 48 heavy (non-hydrogen) atoms. The molecule has 0 amide bonds. The molecule has 9 aromatic rings. The van der Waals surface area contributed by atoms with E-state index in [9.17, 15) is 0 Å². The first-order chi connectivity index (χ1) is 24.6. The normalized spacial score (nSPS) is 12.7. The Balaban J connectivity index is 1.06. The molecule has 0 aliphatic carbocycles. The van der Waals surface area contributed by atoms with Crippen molar-refractivity contribution >= 4 is 61.7 Å². The largest absolute Gasteiger partial charge is 0.311 e. The molecule has 3 heteroatoms. The average Bonchev–Trinajstić information content (AvgIpc) is 3.53. The van der Waals surface area contributed by atoms with Crippen LogP contribution in [-0.4, -0.2) is 9.55 Å². The lowest BCUT2D eigenvalue weighted by Crippen LogP contribution is -2.09. The molecule has 3 nitrogen and oxygen atoms in total. The molecular weight excluding hydrogens is 583 g/mol. The number of hydrogen-bond acceptors (Lipinski definition) is 2. The van der Waals surface area contributed by atoms with Gasteiger partial charge in [0.15, 0.2) is 0 Å². The van der Waals surface area contributed by atoms with Gasteiger partial charge in [0, 0.05) is 45.9 Å². The zero-order chi connectivity index (χ0) is 33.6. The maximum Gasteiger partial charge on any atom is 0.0629 e. The van der Waals surface area contributed by atoms with Gasteiger partial charge in [-0.2, -0.15) is 0 Å². The van der Waals surface area contributed by atoms with Crippen LogP contribution < -0.4 is 4.90 Å². The SMILES string of the molecule is [2H]/C(=C(/[2H])c1ccc(N(c2ccccc2)c2ccccc2)cc1)c1ccc(-c2cc3ccc4cccc5c4c3c(c2)n5-c2ccncc2)cc1. The molecule has 0 unspecified atom stereocenters. The third-order valence-corrected chi connectivity index (χ3v) is 9.04. The van der Waals surface area contributed by atoms with Crippen LogP contribution in [0.1, 0.15) is 13.9 Å². The van der Waals surface area contributed by atoms with E-state index in [4.69, 9.17) is 2.74 Å². The van der Waals surface area contributed by atoms with Gasteiger partial charge in [0.1, 0.15) is 0 Å². The van der Waals surface area contributed by atoms with Crippen molar-refractivity contribution in [2.45, 2.75) is 0 Å². The quantitative estimate of drug-likeness (QED) is 0.131. The third kappa shape index (κ3) is 4.90. The highest BCUT2D eigenvalue weighted by atomic mass is 15.1. The van der Waals surface area contributed by atoms with E-state index in [1.165, 1.54) is 27.1 Å². The van der Waals surface area contributed by atoms with E-state index >= 15 is 0 Å². The van der Waals surface area contributed by atoms with Crippen LogP contribution in [0.15, 0.2) is 176 Å². The highest BCUT2D eigenvalue weighted by Gasteiger charge is 2.18. The first-order valence-corrected chi connectivity index (χ1v) is 16.1. The number of hydrogen-bond donors (Lipinski definition) is 0. The maximum atomic E-state index is 8.97. The van der Waals surface area contributed by atoms with Gasteiger partial charge >= 0.3 is 0 Å². The number of pyridine rings is 1. The Morgan fingerprint density at radius 1 is 0.479 bits per heavy atom. The van der Waals surface area contributed by atoms with Gasteiger partial charge < -0.3 is 9.47 Å². The molecule has 0 radical (unpaired) electrons. The van der Waals surface area contributed by atoms with E-state index in [0.29, 0.717) is 11.1 Å². The molecule has 0 aliphatic heterocycles. The van der Waals surface area contributed by atoms with E-state index in [2.05, 4.69) is 105 Å². The maximum absolute atomic E-state index is 8.97. The average molecular weight is 616 g/mol. The second-order valence-electron chi connectivity index (χ2n) is 12.0. The predicted octanol–water partition coefficient (Wildman–Crippen LogP) is 12.1. The monoisotopic (exact) mass is 615 g/mol. The molecule has 2 aromatic heterocycles. The summed E-state index contributed by atoms with van der Waals surface area (Å²) in [5, 5.41) is 4.94. The van der Waals surface area contributed by atoms with Crippen molar-refractivity contribution in [2.75, 3.05) is 4.90 Å². The molecule has 7 aromatic carbocycles. The Morgan fingerprint density at radius 2 is 1.06 bits per heavy atom. The van der Waals surface area contributed by atoms with Crippen LogP contribution in [-0.2, 0) is 0 Å². The van der Waals surface area contributed by atoms with Crippen molar-refractivity contribution in [1.29, 1.82) is 0 Å². The van der Waals surface area contributed by atoms with Crippen molar-refractivity contribution in [3.63, 3.8) is 0 Å². The van der Waals surface area contributed by atoms with E-state index < -0.39 is 0 Å². The number of aromatic nitrogens is 2. The number of rotatable bonds is 7. The smallest absolute Gasteiger partial charge is 0.0629 e. The summed E-state index contributed by atoms with van der Waals surface area (Å²) < 4.78 is 20.2. The van der Waals surface area contributed by atoms with Crippen molar-refractivity contribution in [1.82, 2.24) is 9.55 Å². The Bertz CT molecular complexity index is 2590. The van der Waals surface area contributed by atoms with Gasteiger partial charge in [0.2, 0.25) is 0 Å². The number of nitrogens with zero attached hydrogens (tertiary/aromatic N) is 3. The van der Waals surface area contributed by atoms with Gasteiger partial charge in [-0.1, -0.05) is 109 Å². The molecule has 0 atom stereocenters. The van der Waals surface area contributed by atoms with Crippen LogP contribution in [0.5, 0.6) is 0 Å². The minimum absolute atomic E-state index is 0.184. The van der Waals surface area contributed by atoms with Gasteiger partial charge in [-0.15, -0.1) is 0 Å². The fourth-order valence-corrected chi connectivity index (χ4v) is 6.82. The number of benzene rings is 7. The summed E-state index contributed by atoms with van der Waals surface area (Å²) >= 11 is 0. The minimum Gasteiger partial charge on any atom is -0.311 e. The summed E-state index contributed by atoms with van der Waals surface area (Å²) in [4.78, 5) is 6.44. The molecule has 9 rings (SSSR count). The standard InChI is InChI=1S/C45H31N3/c1-3-9-38(10-4-1)47(39-11-5-2-6-12-39)40-24-18-33(19-25-40)15-14-32-16-20-34(21-17-32)37-30-36-23-22-35-8-7-13-42-44(35)45(36)43(31-37)48(42)41-26-28-46-29-27-41/h1-31H/b15-14+/i14D,15D. The van der Waals surface area contributed by atoms with Gasteiger partial charge in [0.05, 0.1) is 13.8 Å². The molecular formula is C45H31N3. The highest BCUT2D eigenvalue weighted by Crippen LogP contribution is 2.41. The molecule has 0 saturated heterocycles. The summed E-state index contributed by atoms with van der Waals surface area (Å²) in [6, 6.07) is 56.3. The van der Waals surface area contributed by atoms with Crippen LogP contribution in [0, 0.1) is 0 Å². The third-order valence-electron chi connectivity index (χ3n) is 9.04. The topological polar surface area (TPSA) is 21.1 Å². The Labute approximate surface area is 282 Å². The van der Waals surface area contributed by atoms with Gasteiger partial charge in [-0.25, -0.2) is 0 Å². The van der Waals surface area contributed by atoms with Crippen molar-refractivity contribution in [3.8, 4) is 16.8 Å². The molecule has 226 valence electrons. The van der Waals surface area contributed by atoms with Gasteiger partial charge in [0.25, 0.3) is 0 Å². The summed E-state index contributed by atoms with van der Waals surface area (Å²) in [6.07, 6.45) is 3.67. The lowest BCUT2D eigenvalue weighted by Gasteiger charge is -2.25. The summed E-state index contributed by atoms with van der Waals surface area (Å²) in [6.45, 7) is 0. The fraction of sp³-hybridized carbons (Fsp3) is 0. The van der Waals surface area contributed by atoms with Crippen molar-refractivity contribution in [2.24, 2.45) is 0 Å².